The Morgan fingerprint density at radius 2 is 2.00 bits per heavy atom. The van der Waals surface area contributed by atoms with E-state index in [1.54, 1.807) is 0 Å². The van der Waals surface area contributed by atoms with E-state index in [1.165, 1.54) is 6.07 Å². The monoisotopic (exact) mass is 258 g/mol. The largest absolute Gasteiger partial charge is 0.417 e. The minimum absolute atomic E-state index is 0.00358. The van der Waals surface area contributed by atoms with Crippen molar-refractivity contribution in [3.05, 3.63) is 29.3 Å². The highest BCUT2D eigenvalue weighted by atomic mass is 19.4. The second kappa shape index (κ2) is 4.51. The average Bonchev–Trinajstić information content (AvgIpc) is 2.22. The van der Waals surface area contributed by atoms with Crippen molar-refractivity contribution in [3.8, 4) is 0 Å². The van der Waals surface area contributed by atoms with Gasteiger partial charge < -0.3 is 11.1 Å². The molecule has 0 atom stereocenters. The first-order valence-corrected chi connectivity index (χ1v) is 5.65. The van der Waals surface area contributed by atoms with Crippen molar-refractivity contribution in [1.82, 2.24) is 5.32 Å². The van der Waals surface area contributed by atoms with E-state index in [0.29, 0.717) is 0 Å². The Morgan fingerprint density at radius 3 is 2.50 bits per heavy atom. The van der Waals surface area contributed by atoms with Gasteiger partial charge in [-0.15, -0.1) is 0 Å². The van der Waals surface area contributed by atoms with E-state index in [9.17, 15) is 18.0 Å². The fourth-order valence-corrected chi connectivity index (χ4v) is 1.81. The Labute approximate surface area is 102 Å². The Hall–Kier alpha value is -1.72. The number of rotatable bonds is 2. The lowest BCUT2D eigenvalue weighted by Gasteiger charge is -2.27. The van der Waals surface area contributed by atoms with Crippen LogP contribution in [0.3, 0.4) is 0 Å². The van der Waals surface area contributed by atoms with Crippen LogP contribution in [-0.4, -0.2) is 11.9 Å². The fraction of sp³-hybridized carbons (Fsp3) is 0.417. The maximum Gasteiger partial charge on any atom is 0.417 e. The molecule has 1 aliphatic carbocycles. The van der Waals surface area contributed by atoms with Gasteiger partial charge in [0.1, 0.15) is 0 Å². The van der Waals surface area contributed by atoms with Gasteiger partial charge in [-0.1, -0.05) is 0 Å². The topological polar surface area (TPSA) is 55.1 Å². The van der Waals surface area contributed by atoms with Crippen molar-refractivity contribution in [2.45, 2.75) is 31.5 Å². The molecular weight excluding hydrogens is 245 g/mol. The van der Waals surface area contributed by atoms with Crippen LogP contribution in [0.15, 0.2) is 18.2 Å². The van der Waals surface area contributed by atoms with Crippen molar-refractivity contribution in [2.24, 2.45) is 0 Å². The summed E-state index contributed by atoms with van der Waals surface area (Å²) in [6.07, 6.45) is -1.94. The van der Waals surface area contributed by atoms with E-state index in [1.807, 2.05) is 0 Å². The molecule has 1 aliphatic rings. The summed E-state index contributed by atoms with van der Waals surface area (Å²) >= 11 is 0. The number of anilines is 1. The summed E-state index contributed by atoms with van der Waals surface area (Å²) in [6.45, 7) is 0. The van der Waals surface area contributed by atoms with Crippen LogP contribution in [0.4, 0.5) is 18.9 Å². The molecule has 0 unspecified atom stereocenters. The minimum Gasteiger partial charge on any atom is -0.399 e. The van der Waals surface area contributed by atoms with Gasteiger partial charge >= 0.3 is 6.18 Å². The summed E-state index contributed by atoms with van der Waals surface area (Å²) in [5, 5.41) is 2.58. The normalized spacial score (nSPS) is 16.2. The first-order chi connectivity index (χ1) is 8.38. The van der Waals surface area contributed by atoms with Gasteiger partial charge in [-0.3, -0.25) is 4.79 Å². The molecule has 1 aromatic carbocycles. The van der Waals surface area contributed by atoms with Crippen molar-refractivity contribution >= 4 is 11.6 Å². The first-order valence-electron chi connectivity index (χ1n) is 5.65. The third kappa shape index (κ3) is 2.57. The molecule has 0 radical (unpaired) electrons. The lowest BCUT2D eigenvalue weighted by Crippen LogP contribution is -2.40. The highest BCUT2D eigenvalue weighted by Crippen LogP contribution is 2.33. The Balaban J connectivity index is 2.28. The maximum atomic E-state index is 12.8. The number of halogens is 3. The highest BCUT2D eigenvalue weighted by molar-refractivity contribution is 5.96. The van der Waals surface area contributed by atoms with E-state index in [2.05, 4.69) is 5.32 Å². The van der Waals surface area contributed by atoms with Gasteiger partial charge in [-0.05, 0) is 37.5 Å². The summed E-state index contributed by atoms with van der Waals surface area (Å²) < 4.78 is 38.4. The Bertz CT molecular complexity index is 467. The SMILES string of the molecule is Nc1ccc(C(=O)NC2CCC2)c(C(F)(F)F)c1. The Morgan fingerprint density at radius 1 is 1.33 bits per heavy atom. The van der Waals surface area contributed by atoms with Gasteiger partial charge in [0, 0.05) is 11.7 Å². The minimum atomic E-state index is -4.58. The zero-order chi connectivity index (χ0) is 13.3. The lowest BCUT2D eigenvalue weighted by molar-refractivity contribution is -0.137. The number of nitrogens with two attached hydrogens (primary N) is 1. The van der Waals surface area contributed by atoms with Gasteiger partial charge in [0.15, 0.2) is 0 Å². The highest BCUT2D eigenvalue weighted by Gasteiger charge is 2.36. The number of benzene rings is 1. The molecule has 0 saturated heterocycles. The van der Waals surface area contributed by atoms with Gasteiger partial charge in [0.2, 0.25) is 0 Å². The van der Waals surface area contributed by atoms with Crippen molar-refractivity contribution in [2.75, 3.05) is 5.73 Å². The van der Waals surface area contributed by atoms with E-state index in [0.717, 1.165) is 31.4 Å². The summed E-state index contributed by atoms with van der Waals surface area (Å²) in [4.78, 5) is 11.8. The lowest BCUT2D eigenvalue weighted by atomic mass is 9.92. The van der Waals surface area contributed by atoms with Crippen molar-refractivity contribution in [1.29, 1.82) is 0 Å². The quantitative estimate of drug-likeness (QED) is 0.801. The van der Waals surface area contributed by atoms with Crippen LogP contribution < -0.4 is 11.1 Å². The smallest absolute Gasteiger partial charge is 0.399 e. The Kier molecular flexibility index (Phi) is 3.19. The molecule has 98 valence electrons. The molecule has 0 aliphatic heterocycles. The van der Waals surface area contributed by atoms with E-state index in [4.69, 9.17) is 5.73 Å². The molecule has 3 nitrogen and oxygen atoms in total. The number of carbonyl (C=O) groups excluding carboxylic acids is 1. The number of nitrogens with one attached hydrogen (secondary N) is 1. The molecule has 1 saturated carbocycles. The standard InChI is InChI=1S/C12H13F3N2O/c13-12(14,15)10-6-7(16)4-5-9(10)11(18)17-8-2-1-3-8/h4-6,8H,1-3,16H2,(H,17,18). The molecule has 0 aromatic heterocycles. The molecule has 0 spiro atoms. The van der Waals surface area contributed by atoms with Gasteiger partial charge in [-0.25, -0.2) is 0 Å². The second-order valence-corrected chi connectivity index (χ2v) is 4.40. The molecule has 0 bridgehead atoms. The number of hydrogen-bond acceptors (Lipinski definition) is 2. The van der Waals surface area contributed by atoms with Crippen molar-refractivity contribution < 1.29 is 18.0 Å². The molecule has 3 N–H and O–H groups in total. The molecule has 6 heteroatoms. The maximum absolute atomic E-state index is 12.8. The summed E-state index contributed by atoms with van der Waals surface area (Å²) in [7, 11) is 0. The first kappa shape index (κ1) is 12.7. The molecule has 0 heterocycles. The van der Waals surface area contributed by atoms with E-state index >= 15 is 0 Å². The number of carbonyl (C=O) groups is 1. The van der Waals surface area contributed by atoms with Crippen molar-refractivity contribution in [3.63, 3.8) is 0 Å². The summed E-state index contributed by atoms with van der Waals surface area (Å²) in [5.41, 5.74) is 3.96. The third-order valence-electron chi connectivity index (χ3n) is 3.03. The second-order valence-electron chi connectivity index (χ2n) is 4.40. The van der Waals surface area contributed by atoms with Crippen LogP contribution in [0, 0.1) is 0 Å². The summed E-state index contributed by atoms with van der Waals surface area (Å²) in [5.74, 6) is -0.688. The van der Waals surface area contributed by atoms with Gasteiger partial charge in [0.05, 0.1) is 11.1 Å². The third-order valence-corrected chi connectivity index (χ3v) is 3.03. The van der Waals surface area contributed by atoms with Crippen LogP contribution in [0.1, 0.15) is 35.2 Å². The average molecular weight is 258 g/mol. The fourth-order valence-electron chi connectivity index (χ4n) is 1.81. The predicted molar refractivity (Wildman–Crippen MR) is 61.0 cm³/mol. The van der Waals surface area contributed by atoms with E-state index in [-0.39, 0.29) is 17.3 Å². The zero-order valence-corrected chi connectivity index (χ0v) is 9.55. The van der Waals surface area contributed by atoms with Crippen LogP contribution in [0.2, 0.25) is 0 Å². The predicted octanol–water partition coefficient (Wildman–Crippen LogP) is 2.57. The number of hydrogen-bond donors (Lipinski definition) is 2. The van der Waals surface area contributed by atoms with Crippen LogP contribution in [-0.2, 0) is 6.18 Å². The molecule has 1 aromatic rings. The van der Waals surface area contributed by atoms with Gasteiger partial charge in [-0.2, -0.15) is 13.2 Å². The molecule has 1 amide bonds. The molecular formula is C12H13F3N2O. The van der Waals surface area contributed by atoms with Crippen LogP contribution in [0.5, 0.6) is 0 Å². The number of nitrogen functional groups attached to an aromatic ring is 1. The van der Waals surface area contributed by atoms with Gasteiger partial charge in [0.25, 0.3) is 5.91 Å². The number of amides is 1. The van der Waals surface area contributed by atoms with E-state index < -0.39 is 17.6 Å². The van der Waals surface area contributed by atoms with Crippen LogP contribution in [0.25, 0.3) is 0 Å². The summed E-state index contributed by atoms with van der Waals surface area (Å²) in [6, 6.07) is 3.20. The molecule has 2 rings (SSSR count). The molecule has 18 heavy (non-hydrogen) atoms. The zero-order valence-electron chi connectivity index (χ0n) is 9.55. The van der Waals surface area contributed by atoms with Crippen LogP contribution >= 0.6 is 0 Å². The molecule has 1 fully saturated rings. The number of alkyl halides is 3.